The second-order valence-corrected chi connectivity index (χ2v) is 36.1. The normalized spacial score (nSPS) is 17.5. The average molecular weight is 818 g/mol. The highest BCUT2D eigenvalue weighted by molar-refractivity contribution is 6.75. The molecule has 318 valence electrons. The number of rotatable bonds is 21. The van der Waals surface area contributed by atoms with Crippen molar-refractivity contribution in [2.75, 3.05) is 6.61 Å². The summed E-state index contributed by atoms with van der Waals surface area (Å²) in [6.07, 6.45) is 12.0. The van der Waals surface area contributed by atoms with Gasteiger partial charge in [0.15, 0.2) is 25.0 Å². The van der Waals surface area contributed by atoms with Gasteiger partial charge in [-0.3, -0.25) is 9.78 Å². The Morgan fingerprint density at radius 1 is 0.764 bits per heavy atom. The first-order chi connectivity index (χ1) is 24.7. The van der Waals surface area contributed by atoms with Crippen LogP contribution in [0.3, 0.4) is 0 Å². The van der Waals surface area contributed by atoms with Crippen LogP contribution in [0.1, 0.15) is 142 Å². The average Bonchev–Trinajstić information content (AvgIpc) is 3.03. The minimum Gasteiger partial charge on any atom is -0.413 e. The van der Waals surface area contributed by atoms with Gasteiger partial charge in [0.25, 0.3) is 0 Å². The van der Waals surface area contributed by atoms with Gasteiger partial charge >= 0.3 is 0 Å². The number of nitrogens with zero attached hydrogens (tertiary/aromatic N) is 1. The Morgan fingerprint density at radius 3 is 1.71 bits per heavy atom. The van der Waals surface area contributed by atoms with Crippen molar-refractivity contribution in [2.45, 2.75) is 209 Å². The highest BCUT2D eigenvalue weighted by atomic mass is 28.4. The lowest BCUT2D eigenvalue weighted by molar-refractivity contribution is -0.141. The first-order valence-electron chi connectivity index (χ1n) is 21.1. The van der Waals surface area contributed by atoms with Gasteiger partial charge in [0.2, 0.25) is 0 Å². The van der Waals surface area contributed by atoms with Crippen LogP contribution in [0.25, 0.3) is 6.08 Å². The molecule has 6 nitrogen and oxygen atoms in total. The van der Waals surface area contributed by atoms with Gasteiger partial charge in [-0.2, -0.15) is 0 Å². The smallest absolute Gasteiger partial charge is 0.192 e. The Bertz CT molecular complexity index is 1400. The number of aliphatic hydroxyl groups excluding tert-OH is 1. The molecule has 1 aromatic heterocycles. The van der Waals surface area contributed by atoms with E-state index in [1.807, 2.05) is 38.4 Å². The van der Waals surface area contributed by atoms with E-state index in [4.69, 9.17) is 13.3 Å². The molecule has 1 aromatic rings. The third-order valence-corrected chi connectivity index (χ3v) is 27.0. The van der Waals surface area contributed by atoms with E-state index in [0.717, 1.165) is 31.2 Å². The lowest BCUT2D eigenvalue weighted by Crippen LogP contribution is -2.54. The molecule has 0 radical (unpaired) electrons. The monoisotopic (exact) mass is 818 g/mol. The molecule has 0 amide bonds. The second-order valence-electron chi connectivity index (χ2n) is 21.8. The van der Waals surface area contributed by atoms with Crippen LogP contribution < -0.4 is 0 Å². The molecule has 55 heavy (non-hydrogen) atoms. The maximum atomic E-state index is 14.7. The highest BCUT2D eigenvalue weighted by Crippen LogP contribution is 2.44. The predicted molar refractivity (Wildman–Crippen MR) is 245 cm³/mol. The van der Waals surface area contributed by atoms with Gasteiger partial charge < -0.3 is 18.4 Å². The van der Waals surface area contributed by atoms with Crippen LogP contribution >= 0.6 is 0 Å². The summed E-state index contributed by atoms with van der Waals surface area (Å²) in [4.78, 5) is 18.9. The molecular weight excluding hydrogens is 731 g/mol. The highest BCUT2D eigenvalue weighted by Gasteiger charge is 2.49. The van der Waals surface area contributed by atoms with Crippen LogP contribution in [0.2, 0.25) is 54.4 Å². The number of Topliss-reactive ketones (excluding diaryl/α,β-unsaturated/α-hetero) is 1. The molecule has 1 heterocycles. The Hall–Kier alpha value is -1.21. The van der Waals surface area contributed by atoms with Crippen LogP contribution in [0.5, 0.6) is 0 Å². The zero-order valence-corrected chi connectivity index (χ0v) is 42.6. The van der Waals surface area contributed by atoms with Crippen molar-refractivity contribution >= 4 is 36.8 Å². The summed E-state index contributed by atoms with van der Waals surface area (Å²) in [6.45, 7) is 46.9. The number of carbonyl (C=O) groups excluding carboxylic acids is 1. The number of aromatic nitrogens is 1. The zero-order valence-electron chi connectivity index (χ0n) is 39.6. The molecule has 1 rings (SSSR count). The van der Waals surface area contributed by atoms with Gasteiger partial charge in [-0.15, -0.1) is 0 Å². The number of carbonyl (C=O) groups is 1. The van der Waals surface area contributed by atoms with E-state index in [1.165, 1.54) is 11.1 Å². The molecule has 0 unspecified atom stereocenters. The Balaban J connectivity index is 3.33. The predicted octanol–water partition coefficient (Wildman–Crippen LogP) is 13.4. The lowest BCUT2D eigenvalue weighted by Gasteiger charge is -2.46. The lowest BCUT2D eigenvalue weighted by atomic mass is 9.73. The van der Waals surface area contributed by atoms with E-state index < -0.39 is 30.4 Å². The van der Waals surface area contributed by atoms with E-state index in [-0.39, 0.29) is 57.7 Å². The molecule has 1 N–H and O–H groups in total. The van der Waals surface area contributed by atoms with Crippen LogP contribution in [-0.4, -0.2) is 65.7 Å². The van der Waals surface area contributed by atoms with Crippen LogP contribution in [0, 0.1) is 17.3 Å². The number of ketones is 1. The molecule has 0 aromatic carbocycles. The molecule has 0 bridgehead atoms. The van der Waals surface area contributed by atoms with E-state index >= 15 is 0 Å². The van der Waals surface area contributed by atoms with Crippen molar-refractivity contribution in [3.8, 4) is 0 Å². The van der Waals surface area contributed by atoms with E-state index in [1.54, 1.807) is 0 Å². The van der Waals surface area contributed by atoms with Gasteiger partial charge in [-0.1, -0.05) is 108 Å². The molecule has 0 saturated heterocycles. The standard InChI is InChI=1S/C46H87NO5Si3/c1-34(25-26-39(50-53(16,17)43(5,6)7)36(3)33-38-27-30-47-31-28-38)23-22-24-35(2)41(52-55(20,21)45(11,12)13)37(4)42(49)46(14,15)40(29-32-48)51-54(18,19)44(8,9)10/h25,27-28,30-31,33,35,37,39-41,48H,22-24,26,29,32H2,1-21H3/t35-,37+,39-,40-,41-/m0/s1. The summed E-state index contributed by atoms with van der Waals surface area (Å²) in [5.74, 6) is 0.0390. The number of hydrogen-bond donors (Lipinski definition) is 1. The second kappa shape index (κ2) is 20.2. The summed E-state index contributed by atoms with van der Waals surface area (Å²) in [5.41, 5.74) is 2.97. The summed E-state index contributed by atoms with van der Waals surface area (Å²) < 4.78 is 21.2. The molecular formula is C46H87NO5Si3. The van der Waals surface area contributed by atoms with Gasteiger partial charge in [0.1, 0.15) is 5.78 Å². The van der Waals surface area contributed by atoms with Gasteiger partial charge in [0.05, 0.1) is 18.3 Å². The molecule has 0 saturated carbocycles. The first-order valence-corrected chi connectivity index (χ1v) is 29.9. The summed E-state index contributed by atoms with van der Waals surface area (Å²) >= 11 is 0. The van der Waals surface area contributed by atoms with Crippen molar-refractivity contribution in [3.05, 3.63) is 47.3 Å². The summed E-state index contributed by atoms with van der Waals surface area (Å²) in [7, 11) is -6.42. The quantitative estimate of drug-likeness (QED) is 0.0983. The maximum absolute atomic E-state index is 14.7. The number of aliphatic hydroxyl groups is 1. The van der Waals surface area contributed by atoms with E-state index in [9.17, 15) is 9.90 Å². The first kappa shape index (κ1) is 51.8. The fourth-order valence-electron chi connectivity index (χ4n) is 6.29. The number of hydrogen-bond acceptors (Lipinski definition) is 6. The van der Waals surface area contributed by atoms with Crippen molar-refractivity contribution in [2.24, 2.45) is 17.3 Å². The molecule has 0 aliphatic carbocycles. The third-order valence-electron chi connectivity index (χ3n) is 13.5. The molecule has 5 atom stereocenters. The van der Waals surface area contributed by atoms with Crippen LogP contribution in [-0.2, 0) is 18.1 Å². The Labute approximate surface area is 343 Å². The van der Waals surface area contributed by atoms with Gasteiger partial charge in [0, 0.05) is 30.3 Å². The number of allylic oxidation sites excluding steroid dienone is 1. The van der Waals surface area contributed by atoms with Gasteiger partial charge in [-0.05, 0) is 130 Å². The Morgan fingerprint density at radius 2 is 1.24 bits per heavy atom. The minimum atomic E-state index is -2.21. The minimum absolute atomic E-state index is 0.00515. The van der Waals surface area contributed by atoms with Gasteiger partial charge in [-0.25, -0.2) is 0 Å². The molecule has 0 aliphatic heterocycles. The van der Waals surface area contributed by atoms with E-state index in [0.29, 0.717) is 6.42 Å². The van der Waals surface area contributed by atoms with Crippen LogP contribution in [0.4, 0.5) is 0 Å². The van der Waals surface area contributed by atoms with E-state index in [2.05, 4.69) is 146 Å². The fourth-order valence-corrected chi connectivity index (χ4v) is 10.6. The number of pyridine rings is 1. The molecule has 0 spiro atoms. The van der Waals surface area contributed by atoms with Crippen molar-refractivity contribution in [1.29, 1.82) is 0 Å². The van der Waals surface area contributed by atoms with Crippen molar-refractivity contribution in [1.82, 2.24) is 4.98 Å². The fraction of sp³-hybridized carbons (Fsp3) is 0.783. The largest absolute Gasteiger partial charge is 0.413 e. The Kier molecular flexibility index (Phi) is 19.0. The maximum Gasteiger partial charge on any atom is 0.192 e. The molecule has 9 heteroatoms. The zero-order chi connectivity index (χ0) is 43.0. The van der Waals surface area contributed by atoms with Crippen molar-refractivity contribution < 1.29 is 23.2 Å². The molecule has 0 aliphatic rings. The van der Waals surface area contributed by atoms with Crippen LogP contribution in [0.15, 0.2) is 41.7 Å². The summed E-state index contributed by atoms with van der Waals surface area (Å²) in [6, 6.07) is 4.09. The van der Waals surface area contributed by atoms with Crippen molar-refractivity contribution in [3.63, 3.8) is 0 Å². The molecule has 0 fully saturated rings. The third kappa shape index (κ3) is 15.2. The topological polar surface area (TPSA) is 77.9 Å². The SMILES string of the molecule is CC(=CC[C@H](O[Si](C)(C)C(C)(C)C)C(C)=Cc1ccncc1)CCC[C@H](C)[C@H](O[Si](C)(C)C(C)(C)C)[C@@H](C)C(=O)C(C)(C)[C@H](CCO)O[Si](C)(C)C(C)(C)C. The summed E-state index contributed by atoms with van der Waals surface area (Å²) in [5, 5.41) is 10.3.